The predicted octanol–water partition coefficient (Wildman–Crippen LogP) is 0.662. The Labute approximate surface area is 198 Å². The van der Waals surface area contributed by atoms with E-state index in [9.17, 15) is 9.90 Å². The second kappa shape index (κ2) is 15.5. The van der Waals surface area contributed by atoms with Crippen LogP contribution in [0.15, 0.2) is 54.6 Å². The van der Waals surface area contributed by atoms with Crippen LogP contribution in [-0.2, 0) is 20.7 Å². The fourth-order valence-electron chi connectivity index (χ4n) is 2.97. The van der Waals surface area contributed by atoms with E-state index in [1.165, 1.54) is 0 Å². The summed E-state index contributed by atoms with van der Waals surface area (Å²) in [7, 11) is 3.93. The van der Waals surface area contributed by atoms with E-state index < -0.39 is 24.1 Å². The molecule has 34 heavy (non-hydrogen) atoms. The van der Waals surface area contributed by atoms with Gasteiger partial charge in [-0.05, 0) is 11.6 Å². The van der Waals surface area contributed by atoms with Crippen LogP contribution in [0.1, 0.15) is 15.9 Å². The van der Waals surface area contributed by atoms with E-state index in [0.717, 1.165) is 11.3 Å². The van der Waals surface area contributed by atoms with Crippen molar-refractivity contribution in [2.75, 3.05) is 45.3 Å². The molecule has 0 bridgehead atoms. The molecule has 0 spiro atoms. The molecular formula is C24H32N2O8. The molecule has 186 valence electrons. The maximum absolute atomic E-state index is 13.0. The van der Waals surface area contributed by atoms with Gasteiger partial charge in [-0.3, -0.25) is 4.79 Å². The lowest BCUT2D eigenvalue weighted by molar-refractivity contribution is -0.159. The smallest absolute Gasteiger partial charge is 0.414 e. The number of Topliss-reactive ketones (excluding diaryl/α,β-unsaturated/α-hetero) is 1. The normalized spacial score (nSPS) is 12.1. The molecule has 10 nitrogen and oxygen atoms in total. The van der Waals surface area contributed by atoms with Crippen molar-refractivity contribution in [3.05, 3.63) is 65.7 Å². The number of nitrogens with one attached hydrogen (secondary N) is 1. The highest BCUT2D eigenvalue weighted by atomic mass is 16.5. The van der Waals surface area contributed by atoms with Crippen LogP contribution in [0.4, 0.5) is 5.69 Å². The first kappa shape index (κ1) is 28.7. The zero-order valence-electron chi connectivity index (χ0n) is 19.3. The number of aliphatic hydroxyl groups excluding tert-OH is 2. The first-order valence-corrected chi connectivity index (χ1v) is 10.6. The molecule has 2 atom stereocenters. The van der Waals surface area contributed by atoms with Crippen LogP contribution >= 0.6 is 0 Å². The number of ketones is 1. The lowest BCUT2D eigenvalue weighted by Crippen LogP contribution is -2.36. The predicted molar refractivity (Wildman–Crippen MR) is 126 cm³/mol. The molecule has 0 saturated heterocycles. The van der Waals surface area contributed by atoms with Crippen LogP contribution in [-0.4, -0.2) is 90.8 Å². The van der Waals surface area contributed by atoms with Crippen molar-refractivity contribution in [1.82, 2.24) is 5.32 Å². The standard InChI is InChI=1S/C22H30N2O4.C2H2O4/c1-24(2)20-11-7-6-10-18(20)14-21(22(27)17-8-4-3-5-9-17)28-16-19(26)15-23-12-13-25;3-1(4)2(5)6/h3-11,19,21,23,25-26H,12-16H2,1-2H3;(H,3,4)(H,5,6). The molecule has 10 heteroatoms. The Balaban J connectivity index is 0.000000852. The van der Waals surface area contributed by atoms with Gasteiger partial charge >= 0.3 is 11.9 Å². The molecule has 0 aliphatic rings. The number of carboxylic acid groups (broad SMARTS) is 2. The molecule has 0 aliphatic heterocycles. The Morgan fingerprint density at radius 3 is 2.12 bits per heavy atom. The molecule has 0 aromatic heterocycles. The molecule has 0 aliphatic carbocycles. The van der Waals surface area contributed by atoms with Crippen LogP contribution < -0.4 is 10.2 Å². The van der Waals surface area contributed by atoms with Gasteiger partial charge in [0.1, 0.15) is 6.10 Å². The molecule has 2 aromatic carbocycles. The second-order valence-electron chi connectivity index (χ2n) is 7.47. The van der Waals surface area contributed by atoms with Gasteiger partial charge in [-0.25, -0.2) is 9.59 Å². The van der Waals surface area contributed by atoms with Crippen molar-refractivity contribution in [1.29, 1.82) is 0 Å². The van der Waals surface area contributed by atoms with Crippen LogP contribution in [0.3, 0.4) is 0 Å². The third kappa shape index (κ3) is 10.5. The van der Waals surface area contributed by atoms with Gasteiger partial charge in [-0.15, -0.1) is 0 Å². The number of ether oxygens (including phenoxy) is 1. The molecule has 2 unspecified atom stereocenters. The van der Waals surface area contributed by atoms with Gasteiger partial charge < -0.3 is 35.4 Å². The van der Waals surface area contributed by atoms with E-state index in [0.29, 0.717) is 25.1 Å². The summed E-state index contributed by atoms with van der Waals surface area (Å²) in [5.41, 5.74) is 2.62. The maximum Gasteiger partial charge on any atom is 0.414 e. The maximum atomic E-state index is 13.0. The molecule has 0 amide bonds. The molecule has 0 heterocycles. The first-order chi connectivity index (χ1) is 16.2. The highest BCUT2D eigenvalue weighted by Gasteiger charge is 2.24. The summed E-state index contributed by atoms with van der Waals surface area (Å²) in [5, 5.41) is 36.6. The van der Waals surface area contributed by atoms with E-state index in [4.69, 9.17) is 29.6 Å². The number of carbonyl (C=O) groups is 3. The average Bonchev–Trinajstić information content (AvgIpc) is 2.82. The Morgan fingerprint density at radius 1 is 0.971 bits per heavy atom. The minimum absolute atomic E-state index is 0.00398. The van der Waals surface area contributed by atoms with E-state index in [1.54, 1.807) is 12.1 Å². The van der Waals surface area contributed by atoms with E-state index in [2.05, 4.69) is 5.32 Å². The number of aliphatic carboxylic acids is 2. The van der Waals surface area contributed by atoms with Crippen molar-refractivity contribution in [3.8, 4) is 0 Å². The van der Waals surface area contributed by atoms with Gasteiger partial charge in [0, 0.05) is 44.9 Å². The zero-order chi connectivity index (χ0) is 25.5. The monoisotopic (exact) mass is 476 g/mol. The average molecular weight is 477 g/mol. The van der Waals surface area contributed by atoms with Gasteiger partial charge in [0.05, 0.1) is 19.3 Å². The summed E-state index contributed by atoms with van der Waals surface area (Å²) in [5.74, 6) is -3.75. The van der Waals surface area contributed by atoms with Gasteiger partial charge in [-0.2, -0.15) is 0 Å². The van der Waals surface area contributed by atoms with Gasteiger partial charge in [0.15, 0.2) is 5.78 Å². The summed E-state index contributed by atoms with van der Waals surface area (Å²) in [6, 6.07) is 17.0. The van der Waals surface area contributed by atoms with Crippen LogP contribution in [0, 0.1) is 0 Å². The Bertz CT molecular complexity index is 893. The number of carbonyl (C=O) groups excluding carboxylic acids is 1. The van der Waals surface area contributed by atoms with Crippen LogP contribution in [0.25, 0.3) is 0 Å². The lowest BCUT2D eigenvalue weighted by Gasteiger charge is -2.23. The molecule has 2 rings (SSSR count). The van der Waals surface area contributed by atoms with Crippen molar-refractivity contribution < 1.29 is 39.5 Å². The van der Waals surface area contributed by atoms with Crippen LogP contribution in [0.2, 0.25) is 0 Å². The number of hydrogen-bond acceptors (Lipinski definition) is 8. The van der Waals surface area contributed by atoms with E-state index in [-0.39, 0.29) is 19.0 Å². The highest BCUT2D eigenvalue weighted by molar-refractivity contribution is 6.27. The summed E-state index contributed by atoms with van der Waals surface area (Å²) >= 11 is 0. The van der Waals surface area contributed by atoms with E-state index >= 15 is 0 Å². The Kier molecular flexibility index (Phi) is 13.1. The minimum atomic E-state index is -1.82. The molecular weight excluding hydrogens is 444 g/mol. The summed E-state index contributed by atoms with van der Waals surface area (Å²) < 4.78 is 5.87. The number of para-hydroxylation sites is 1. The number of nitrogens with zero attached hydrogens (tertiary/aromatic N) is 1. The SMILES string of the molecule is CN(C)c1ccccc1CC(OCC(O)CNCCO)C(=O)c1ccccc1.O=C(O)C(=O)O. The number of carboxylic acids is 2. The van der Waals surface area contributed by atoms with Crippen molar-refractivity contribution in [2.24, 2.45) is 0 Å². The van der Waals surface area contributed by atoms with Crippen molar-refractivity contribution in [3.63, 3.8) is 0 Å². The van der Waals surface area contributed by atoms with Gasteiger partial charge in [0.25, 0.3) is 0 Å². The number of anilines is 1. The summed E-state index contributed by atoms with van der Waals surface area (Å²) in [6.07, 6.45) is -1.04. The molecule has 0 radical (unpaired) electrons. The van der Waals surface area contributed by atoms with Crippen LogP contribution in [0.5, 0.6) is 0 Å². The fourth-order valence-corrected chi connectivity index (χ4v) is 2.97. The highest BCUT2D eigenvalue weighted by Crippen LogP contribution is 2.22. The summed E-state index contributed by atoms with van der Waals surface area (Å²) in [6.45, 7) is 0.733. The van der Waals surface area contributed by atoms with Crippen molar-refractivity contribution in [2.45, 2.75) is 18.6 Å². The quantitative estimate of drug-likeness (QED) is 0.167. The van der Waals surface area contributed by atoms with E-state index in [1.807, 2.05) is 61.5 Å². The third-order valence-corrected chi connectivity index (χ3v) is 4.57. The zero-order valence-corrected chi connectivity index (χ0v) is 19.3. The van der Waals surface area contributed by atoms with Gasteiger partial charge in [0.2, 0.25) is 0 Å². The van der Waals surface area contributed by atoms with Gasteiger partial charge in [-0.1, -0.05) is 48.5 Å². The molecule has 0 fully saturated rings. The largest absolute Gasteiger partial charge is 0.473 e. The second-order valence-corrected chi connectivity index (χ2v) is 7.47. The lowest BCUT2D eigenvalue weighted by atomic mass is 9.98. The third-order valence-electron chi connectivity index (χ3n) is 4.57. The first-order valence-electron chi connectivity index (χ1n) is 10.6. The fraction of sp³-hybridized carbons (Fsp3) is 0.375. The number of benzene rings is 2. The molecule has 5 N–H and O–H groups in total. The number of hydrogen-bond donors (Lipinski definition) is 5. The number of aliphatic hydroxyl groups is 2. The topological polar surface area (TPSA) is 157 Å². The molecule has 2 aromatic rings. The number of rotatable bonds is 12. The Morgan fingerprint density at radius 2 is 1.56 bits per heavy atom. The minimum Gasteiger partial charge on any atom is -0.473 e. The molecule has 0 saturated carbocycles. The Hall–Kier alpha value is -3.31. The summed E-state index contributed by atoms with van der Waals surface area (Å²) in [4.78, 5) is 33.2. The van der Waals surface area contributed by atoms with Crippen molar-refractivity contribution >= 4 is 23.4 Å².